The molecule has 0 radical (unpaired) electrons. The lowest BCUT2D eigenvalue weighted by molar-refractivity contribution is -0.119. The molecule has 0 fully saturated rings. The fourth-order valence-electron chi connectivity index (χ4n) is 2.20. The fraction of sp³-hybridized carbons (Fsp3) is 0.316. The molecule has 2 aromatic carbocycles. The lowest BCUT2D eigenvalue weighted by Crippen LogP contribution is -2.37. The second-order valence-corrected chi connectivity index (χ2v) is 7.08. The molecule has 0 spiro atoms. The average Bonchev–Trinajstić information content (AvgIpc) is 2.62. The Morgan fingerprint density at radius 1 is 1.27 bits per heavy atom. The first-order valence-corrected chi connectivity index (χ1v) is 9.59. The van der Waals surface area contributed by atoms with Crippen molar-refractivity contribution in [3.63, 3.8) is 0 Å². The smallest absolute Gasteiger partial charge is 0.230 e. The molecule has 0 aliphatic heterocycles. The molecule has 140 valence electrons. The van der Waals surface area contributed by atoms with E-state index in [1.165, 1.54) is 17.8 Å². The van der Waals surface area contributed by atoms with Crippen LogP contribution >= 0.6 is 23.4 Å². The zero-order valence-electron chi connectivity index (χ0n) is 14.6. The number of para-hydroxylation sites is 2. The number of thioether (sulfide) groups is 1. The monoisotopic (exact) mass is 397 g/mol. The van der Waals surface area contributed by atoms with Gasteiger partial charge in [0.1, 0.15) is 12.4 Å². The number of carbonyl (C=O) groups is 1. The van der Waals surface area contributed by atoms with Gasteiger partial charge >= 0.3 is 0 Å². The third kappa shape index (κ3) is 6.42. The molecule has 1 N–H and O–H groups in total. The number of nitrogens with one attached hydrogen (secondary N) is 1. The first kappa shape index (κ1) is 20.4. The van der Waals surface area contributed by atoms with Crippen LogP contribution < -0.4 is 14.8 Å². The van der Waals surface area contributed by atoms with E-state index in [1.807, 2.05) is 31.2 Å². The van der Waals surface area contributed by atoms with Crippen molar-refractivity contribution in [1.82, 2.24) is 5.32 Å². The first-order chi connectivity index (χ1) is 12.5. The van der Waals surface area contributed by atoms with Crippen molar-refractivity contribution >= 4 is 29.3 Å². The number of hydrogen-bond acceptors (Lipinski definition) is 4. The van der Waals surface area contributed by atoms with Crippen LogP contribution in [0.3, 0.4) is 0 Å². The van der Waals surface area contributed by atoms with Crippen molar-refractivity contribution in [2.45, 2.75) is 18.7 Å². The summed E-state index contributed by atoms with van der Waals surface area (Å²) in [6.45, 7) is 2.18. The largest absolute Gasteiger partial charge is 0.493 e. The van der Waals surface area contributed by atoms with Gasteiger partial charge in [-0.05, 0) is 36.8 Å². The summed E-state index contributed by atoms with van der Waals surface area (Å²) in [6.07, 6.45) is 0. The Hall–Kier alpha value is -1.92. The van der Waals surface area contributed by atoms with Crippen molar-refractivity contribution in [2.24, 2.45) is 0 Å². The predicted octanol–water partition coefficient (Wildman–Crippen LogP) is 4.30. The van der Waals surface area contributed by atoms with Gasteiger partial charge in [-0.2, -0.15) is 0 Å². The Morgan fingerprint density at radius 3 is 2.69 bits per heavy atom. The summed E-state index contributed by atoms with van der Waals surface area (Å²) in [5.74, 6) is 1.43. The van der Waals surface area contributed by atoms with Gasteiger partial charge in [-0.15, -0.1) is 11.8 Å². The molecule has 0 aliphatic carbocycles. The number of rotatable bonds is 9. The number of amides is 1. The van der Waals surface area contributed by atoms with Gasteiger partial charge in [0, 0.05) is 10.8 Å². The van der Waals surface area contributed by atoms with E-state index >= 15 is 0 Å². The highest BCUT2D eigenvalue weighted by atomic mass is 35.5. The fourth-order valence-corrected chi connectivity index (χ4v) is 3.19. The zero-order chi connectivity index (χ0) is 18.9. The second kappa shape index (κ2) is 10.3. The molecule has 4 nitrogen and oxygen atoms in total. The van der Waals surface area contributed by atoms with Crippen LogP contribution in [0.2, 0.25) is 5.02 Å². The molecule has 0 saturated carbocycles. The molecular formula is C19H21ClFNO3S. The van der Waals surface area contributed by atoms with E-state index in [0.29, 0.717) is 34.4 Å². The predicted molar refractivity (Wildman–Crippen MR) is 104 cm³/mol. The summed E-state index contributed by atoms with van der Waals surface area (Å²) >= 11 is 7.06. The number of hydrogen-bond donors (Lipinski definition) is 1. The number of halogens is 2. The molecule has 0 aliphatic rings. The quantitative estimate of drug-likeness (QED) is 0.685. The Bertz CT molecular complexity index is 744. The van der Waals surface area contributed by atoms with Crippen molar-refractivity contribution in [2.75, 3.05) is 19.5 Å². The lowest BCUT2D eigenvalue weighted by Gasteiger charge is -2.16. The van der Waals surface area contributed by atoms with E-state index in [4.69, 9.17) is 21.1 Å². The van der Waals surface area contributed by atoms with E-state index in [-0.39, 0.29) is 23.5 Å². The summed E-state index contributed by atoms with van der Waals surface area (Å²) in [5, 5.41) is 3.22. The third-order valence-corrected chi connectivity index (χ3v) is 4.69. The van der Waals surface area contributed by atoms with Crippen LogP contribution in [0.15, 0.2) is 42.5 Å². The van der Waals surface area contributed by atoms with Crippen LogP contribution in [-0.4, -0.2) is 31.4 Å². The maximum Gasteiger partial charge on any atom is 0.230 e. The van der Waals surface area contributed by atoms with E-state index < -0.39 is 0 Å². The summed E-state index contributed by atoms with van der Waals surface area (Å²) in [4.78, 5) is 12.0. The van der Waals surface area contributed by atoms with E-state index in [0.717, 1.165) is 0 Å². The van der Waals surface area contributed by atoms with Gasteiger partial charge < -0.3 is 14.8 Å². The van der Waals surface area contributed by atoms with Crippen LogP contribution in [0.5, 0.6) is 11.5 Å². The van der Waals surface area contributed by atoms with Gasteiger partial charge in [-0.1, -0.05) is 29.8 Å². The molecule has 0 aromatic heterocycles. The van der Waals surface area contributed by atoms with Crippen LogP contribution in [0.25, 0.3) is 0 Å². The maximum absolute atomic E-state index is 13.7. The van der Waals surface area contributed by atoms with E-state index in [9.17, 15) is 9.18 Å². The van der Waals surface area contributed by atoms with Gasteiger partial charge in [-0.3, -0.25) is 4.79 Å². The summed E-state index contributed by atoms with van der Waals surface area (Å²) in [5.41, 5.74) is 0.528. The lowest BCUT2D eigenvalue weighted by atomic mass is 10.2. The van der Waals surface area contributed by atoms with Gasteiger partial charge in [0.05, 0.1) is 18.9 Å². The van der Waals surface area contributed by atoms with Crippen LogP contribution in [0.1, 0.15) is 12.5 Å². The van der Waals surface area contributed by atoms with Crippen LogP contribution in [0.4, 0.5) is 4.39 Å². The molecule has 0 saturated heterocycles. The van der Waals surface area contributed by atoms with Crippen LogP contribution in [0, 0.1) is 5.82 Å². The van der Waals surface area contributed by atoms with Gasteiger partial charge in [-0.25, -0.2) is 4.39 Å². The van der Waals surface area contributed by atoms with Gasteiger partial charge in [0.25, 0.3) is 0 Å². The molecule has 1 atom stereocenters. The third-order valence-electron chi connectivity index (χ3n) is 3.47. The molecule has 2 rings (SSSR count). The van der Waals surface area contributed by atoms with Crippen LogP contribution in [-0.2, 0) is 10.5 Å². The van der Waals surface area contributed by atoms with Crippen molar-refractivity contribution in [3.8, 4) is 11.5 Å². The highest BCUT2D eigenvalue weighted by Gasteiger charge is 2.11. The number of ether oxygens (including phenoxy) is 2. The van der Waals surface area contributed by atoms with Crippen molar-refractivity contribution < 1.29 is 18.7 Å². The Kier molecular flexibility index (Phi) is 8.06. The zero-order valence-corrected chi connectivity index (χ0v) is 16.2. The standard InChI is InChI=1S/C19H21ClFNO3S/c1-13(10-25-18-6-4-3-5-17(18)24-2)22-19(23)12-26-11-14-7-8-15(20)9-16(14)21/h3-9,13H,10-12H2,1-2H3,(H,22,23). The molecule has 1 amide bonds. The summed E-state index contributed by atoms with van der Waals surface area (Å²) in [6, 6.07) is 11.7. The van der Waals surface area contributed by atoms with Crippen molar-refractivity contribution in [1.29, 1.82) is 0 Å². The minimum atomic E-state index is -0.357. The Balaban J connectivity index is 1.71. The minimum Gasteiger partial charge on any atom is -0.493 e. The maximum atomic E-state index is 13.7. The highest BCUT2D eigenvalue weighted by molar-refractivity contribution is 7.99. The normalized spacial score (nSPS) is 11.7. The molecule has 7 heteroatoms. The number of benzene rings is 2. The Labute approximate surface area is 162 Å². The first-order valence-electron chi connectivity index (χ1n) is 8.06. The molecular weight excluding hydrogens is 377 g/mol. The molecule has 1 unspecified atom stereocenters. The van der Waals surface area contributed by atoms with E-state index in [1.54, 1.807) is 19.2 Å². The van der Waals surface area contributed by atoms with E-state index in [2.05, 4.69) is 5.32 Å². The van der Waals surface area contributed by atoms with Gasteiger partial charge in [0.2, 0.25) is 5.91 Å². The summed E-state index contributed by atoms with van der Waals surface area (Å²) in [7, 11) is 1.58. The SMILES string of the molecule is COc1ccccc1OCC(C)NC(=O)CSCc1ccc(Cl)cc1F. The second-order valence-electron chi connectivity index (χ2n) is 5.66. The summed E-state index contributed by atoms with van der Waals surface area (Å²) < 4.78 is 24.6. The molecule has 2 aromatic rings. The molecule has 0 bridgehead atoms. The minimum absolute atomic E-state index is 0.125. The topological polar surface area (TPSA) is 47.6 Å². The number of carbonyl (C=O) groups excluding carboxylic acids is 1. The molecule has 0 heterocycles. The number of methoxy groups -OCH3 is 1. The molecule has 26 heavy (non-hydrogen) atoms. The van der Waals surface area contributed by atoms with Gasteiger partial charge in [0.15, 0.2) is 11.5 Å². The average molecular weight is 398 g/mol. The van der Waals surface area contributed by atoms with Crippen molar-refractivity contribution in [3.05, 3.63) is 58.9 Å². The highest BCUT2D eigenvalue weighted by Crippen LogP contribution is 2.25. The Morgan fingerprint density at radius 2 is 2.00 bits per heavy atom.